The van der Waals surface area contributed by atoms with Gasteiger partial charge in [0, 0.05) is 6.42 Å². The van der Waals surface area contributed by atoms with Crippen LogP contribution in [-0.4, -0.2) is 53.4 Å². The molecule has 0 spiro atoms. The van der Waals surface area contributed by atoms with Gasteiger partial charge in [0.05, 0.1) is 6.54 Å². The Labute approximate surface area is 129 Å². The van der Waals surface area contributed by atoms with Gasteiger partial charge in [0.2, 0.25) is 0 Å². The van der Waals surface area contributed by atoms with E-state index in [2.05, 4.69) is 15.5 Å². The quantitative estimate of drug-likeness (QED) is 0.572. The highest BCUT2D eigenvalue weighted by Gasteiger charge is 2.55. The van der Waals surface area contributed by atoms with E-state index in [9.17, 15) is 14.4 Å². The first-order valence-corrected chi connectivity index (χ1v) is 6.37. The van der Waals surface area contributed by atoms with Gasteiger partial charge >= 0.3 is 17.9 Å². The number of benzene rings is 1. The molecular formula is C13H12N4O6. The average molecular weight is 320 g/mol. The van der Waals surface area contributed by atoms with Gasteiger partial charge in [-0.1, -0.05) is 30.3 Å². The Balaban J connectivity index is 2.36. The van der Waals surface area contributed by atoms with E-state index < -0.39 is 29.7 Å². The van der Waals surface area contributed by atoms with Gasteiger partial charge in [-0.2, -0.15) is 0 Å². The number of rotatable bonds is 7. The first-order chi connectivity index (χ1) is 10.9. The molecule has 2 rings (SSSR count). The molecule has 0 aliphatic carbocycles. The first-order valence-electron chi connectivity index (χ1n) is 6.37. The van der Waals surface area contributed by atoms with Crippen molar-refractivity contribution in [3.05, 3.63) is 41.7 Å². The summed E-state index contributed by atoms with van der Waals surface area (Å²) in [7, 11) is 0. The predicted octanol–water partition coefficient (Wildman–Crippen LogP) is -0.496. The van der Waals surface area contributed by atoms with Crippen LogP contribution in [-0.2, 0) is 27.3 Å². The second-order valence-electron chi connectivity index (χ2n) is 4.74. The SMILES string of the molecule is O=C(O)C(Cc1nnnn1Cc1ccccc1)(C(=O)O)C(=O)O. The van der Waals surface area contributed by atoms with Crippen LogP contribution in [0.25, 0.3) is 0 Å². The molecule has 120 valence electrons. The standard InChI is InChI=1S/C13H12N4O6/c18-10(19)13(11(20)21,12(22)23)6-9-14-15-16-17(9)7-8-4-2-1-3-5-8/h1-5H,6-7H2,(H,18,19)(H,20,21)(H,22,23). The Morgan fingerprint density at radius 2 is 1.57 bits per heavy atom. The lowest BCUT2D eigenvalue weighted by atomic mass is 9.84. The summed E-state index contributed by atoms with van der Waals surface area (Å²) < 4.78 is 1.17. The second kappa shape index (κ2) is 6.22. The Bertz CT molecular complexity index is 706. The summed E-state index contributed by atoms with van der Waals surface area (Å²) in [4.78, 5) is 33.8. The molecule has 0 radical (unpaired) electrons. The summed E-state index contributed by atoms with van der Waals surface area (Å²) >= 11 is 0. The summed E-state index contributed by atoms with van der Waals surface area (Å²) in [5.41, 5.74) is -2.27. The van der Waals surface area contributed by atoms with Crippen LogP contribution in [0.5, 0.6) is 0 Å². The fraction of sp³-hybridized carbons (Fsp3) is 0.231. The zero-order chi connectivity index (χ0) is 17.0. The van der Waals surface area contributed by atoms with Crippen LogP contribution in [0.4, 0.5) is 0 Å². The second-order valence-corrected chi connectivity index (χ2v) is 4.74. The normalized spacial score (nSPS) is 11.1. The summed E-state index contributed by atoms with van der Waals surface area (Å²) in [6.07, 6.45) is -0.882. The number of hydrogen-bond acceptors (Lipinski definition) is 6. The molecule has 0 saturated carbocycles. The molecule has 0 aliphatic rings. The molecule has 1 aromatic heterocycles. The largest absolute Gasteiger partial charge is 0.480 e. The lowest BCUT2D eigenvalue weighted by molar-refractivity contribution is -0.175. The van der Waals surface area contributed by atoms with Crippen LogP contribution in [0.1, 0.15) is 11.4 Å². The van der Waals surface area contributed by atoms with E-state index in [0.717, 1.165) is 5.56 Å². The van der Waals surface area contributed by atoms with E-state index >= 15 is 0 Å². The molecule has 0 saturated heterocycles. The zero-order valence-corrected chi connectivity index (χ0v) is 11.7. The monoisotopic (exact) mass is 320 g/mol. The summed E-state index contributed by atoms with van der Waals surface area (Å²) in [6, 6.07) is 8.88. The minimum Gasteiger partial charge on any atom is -0.480 e. The molecule has 23 heavy (non-hydrogen) atoms. The van der Waals surface area contributed by atoms with E-state index in [0.29, 0.717) is 0 Å². The van der Waals surface area contributed by atoms with Crippen LogP contribution in [0.3, 0.4) is 0 Å². The van der Waals surface area contributed by atoms with E-state index in [4.69, 9.17) is 15.3 Å². The van der Waals surface area contributed by atoms with Crippen molar-refractivity contribution in [3.63, 3.8) is 0 Å². The summed E-state index contributed by atoms with van der Waals surface area (Å²) in [6.45, 7) is 0.151. The molecule has 3 N–H and O–H groups in total. The number of aromatic nitrogens is 4. The molecule has 0 unspecified atom stereocenters. The summed E-state index contributed by atoms with van der Waals surface area (Å²) in [5.74, 6) is -6.13. The van der Waals surface area contributed by atoms with Crippen LogP contribution in [0, 0.1) is 5.41 Å². The van der Waals surface area contributed by atoms with Gasteiger partial charge in [0.25, 0.3) is 5.41 Å². The smallest absolute Gasteiger partial charge is 0.333 e. The van der Waals surface area contributed by atoms with Crippen molar-refractivity contribution >= 4 is 17.9 Å². The highest BCUT2D eigenvalue weighted by Crippen LogP contribution is 2.24. The minimum absolute atomic E-state index is 0.151. The fourth-order valence-corrected chi connectivity index (χ4v) is 1.97. The maximum atomic E-state index is 11.3. The highest BCUT2D eigenvalue weighted by atomic mass is 16.4. The molecule has 2 aromatic rings. The van der Waals surface area contributed by atoms with Crippen molar-refractivity contribution in [1.29, 1.82) is 0 Å². The highest BCUT2D eigenvalue weighted by molar-refractivity contribution is 6.16. The zero-order valence-electron chi connectivity index (χ0n) is 11.7. The van der Waals surface area contributed by atoms with Crippen molar-refractivity contribution < 1.29 is 29.7 Å². The predicted molar refractivity (Wildman–Crippen MR) is 72.4 cm³/mol. The molecule has 10 nitrogen and oxygen atoms in total. The van der Waals surface area contributed by atoms with Crippen molar-refractivity contribution in [2.45, 2.75) is 13.0 Å². The molecule has 0 amide bonds. The molecular weight excluding hydrogens is 308 g/mol. The van der Waals surface area contributed by atoms with Crippen molar-refractivity contribution in [1.82, 2.24) is 20.2 Å². The van der Waals surface area contributed by atoms with E-state index in [1.165, 1.54) is 4.68 Å². The maximum Gasteiger partial charge on any atom is 0.333 e. The molecule has 1 aromatic carbocycles. The third-order valence-corrected chi connectivity index (χ3v) is 3.30. The minimum atomic E-state index is -3.05. The number of hydrogen-bond donors (Lipinski definition) is 3. The number of carboxylic acids is 3. The molecule has 1 heterocycles. The summed E-state index contributed by atoms with van der Waals surface area (Å²) in [5, 5.41) is 37.9. The Morgan fingerprint density at radius 1 is 1.00 bits per heavy atom. The molecule has 10 heteroatoms. The van der Waals surface area contributed by atoms with Crippen molar-refractivity contribution in [2.24, 2.45) is 5.41 Å². The number of aliphatic carboxylic acids is 3. The van der Waals surface area contributed by atoms with Crippen LogP contribution in [0.2, 0.25) is 0 Å². The third kappa shape index (κ3) is 3.00. The Kier molecular flexibility index (Phi) is 4.35. The van der Waals surface area contributed by atoms with Crippen LogP contribution < -0.4 is 0 Å². The topological polar surface area (TPSA) is 156 Å². The fourth-order valence-electron chi connectivity index (χ4n) is 1.97. The number of nitrogens with zero attached hydrogens (tertiary/aromatic N) is 4. The van der Waals surface area contributed by atoms with Gasteiger partial charge in [0.15, 0.2) is 5.82 Å². The molecule has 0 atom stereocenters. The van der Waals surface area contributed by atoms with Gasteiger partial charge in [-0.15, -0.1) is 5.10 Å². The average Bonchev–Trinajstić information content (AvgIpc) is 2.91. The van der Waals surface area contributed by atoms with Crippen molar-refractivity contribution in [3.8, 4) is 0 Å². The van der Waals surface area contributed by atoms with Crippen molar-refractivity contribution in [2.75, 3.05) is 0 Å². The number of carbonyl (C=O) groups is 3. The molecule has 0 aliphatic heterocycles. The Hall–Kier alpha value is -3.30. The van der Waals surface area contributed by atoms with Crippen LogP contribution >= 0.6 is 0 Å². The van der Waals surface area contributed by atoms with Gasteiger partial charge < -0.3 is 15.3 Å². The third-order valence-electron chi connectivity index (χ3n) is 3.30. The van der Waals surface area contributed by atoms with E-state index in [1.807, 2.05) is 0 Å². The van der Waals surface area contributed by atoms with Gasteiger partial charge in [0.1, 0.15) is 0 Å². The number of tetrazole rings is 1. The van der Waals surface area contributed by atoms with Gasteiger partial charge in [-0.25, -0.2) is 4.68 Å². The number of carboxylic acid groups (broad SMARTS) is 3. The van der Waals surface area contributed by atoms with E-state index in [-0.39, 0.29) is 12.4 Å². The lowest BCUT2D eigenvalue weighted by Gasteiger charge is -2.19. The lowest BCUT2D eigenvalue weighted by Crippen LogP contribution is -2.48. The molecule has 0 bridgehead atoms. The van der Waals surface area contributed by atoms with Gasteiger partial charge in [-0.3, -0.25) is 14.4 Å². The Morgan fingerprint density at radius 3 is 2.09 bits per heavy atom. The first kappa shape index (κ1) is 16.1. The molecule has 0 fully saturated rings. The van der Waals surface area contributed by atoms with E-state index in [1.54, 1.807) is 30.3 Å². The van der Waals surface area contributed by atoms with Crippen LogP contribution in [0.15, 0.2) is 30.3 Å². The van der Waals surface area contributed by atoms with Gasteiger partial charge in [-0.05, 0) is 16.0 Å². The maximum absolute atomic E-state index is 11.3.